The van der Waals surface area contributed by atoms with Gasteiger partial charge in [0.2, 0.25) is 0 Å². The molecule has 0 saturated heterocycles. The highest BCUT2D eigenvalue weighted by atomic mass is 15.1. The van der Waals surface area contributed by atoms with Crippen LogP contribution in [-0.4, -0.2) is 9.38 Å². The topological polar surface area (TPSA) is 67.1 Å². The van der Waals surface area contributed by atoms with Gasteiger partial charge in [0.05, 0.1) is 11.6 Å². The number of benzene rings is 1. The fraction of sp³-hybridized carbons (Fsp3) is 0. The number of nitrogens with two attached hydrogens (primary N) is 1. The number of nitriles is 1. The summed E-state index contributed by atoms with van der Waals surface area (Å²) >= 11 is 0. The molecule has 1 aromatic carbocycles. The zero-order valence-corrected chi connectivity index (χ0v) is 9.54. The molecule has 0 atom stereocenters. The second-order valence-corrected chi connectivity index (χ2v) is 3.96. The lowest BCUT2D eigenvalue weighted by Gasteiger charge is -1.99. The molecule has 4 nitrogen and oxygen atoms in total. The summed E-state index contributed by atoms with van der Waals surface area (Å²) in [7, 11) is 0. The maximum absolute atomic E-state index is 8.77. The number of nitrogen functional groups attached to an aromatic ring is 1. The van der Waals surface area contributed by atoms with Crippen LogP contribution in [0.25, 0.3) is 16.9 Å². The van der Waals surface area contributed by atoms with E-state index in [4.69, 9.17) is 11.0 Å². The van der Waals surface area contributed by atoms with Gasteiger partial charge in [-0.15, -0.1) is 0 Å². The first-order valence-electron chi connectivity index (χ1n) is 5.52. The SMILES string of the molecule is N#Cc1ccc(-c2nc3ccccn3c2N)cc1. The van der Waals surface area contributed by atoms with Gasteiger partial charge in [-0.3, -0.25) is 4.40 Å². The van der Waals surface area contributed by atoms with Crippen molar-refractivity contribution in [1.29, 1.82) is 5.26 Å². The maximum atomic E-state index is 8.77. The standard InChI is InChI=1S/C14H10N4/c15-9-10-4-6-11(7-5-10)13-14(16)18-8-2-1-3-12(18)17-13/h1-8H,16H2. The van der Waals surface area contributed by atoms with Gasteiger partial charge >= 0.3 is 0 Å². The molecule has 0 saturated carbocycles. The molecule has 0 aliphatic heterocycles. The van der Waals surface area contributed by atoms with Crippen LogP contribution in [0.4, 0.5) is 5.82 Å². The lowest BCUT2D eigenvalue weighted by Crippen LogP contribution is -1.93. The van der Waals surface area contributed by atoms with E-state index in [1.54, 1.807) is 12.1 Å². The molecule has 0 unspecified atom stereocenters. The summed E-state index contributed by atoms with van der Waals surface area (Å²) in [6.45, 7) is 0. The molecule has 86 valence electrons. The van der Waals surface area contributed by atoms with E-state index in [2.05, 4.69) is 11.1 Å². The Bertz CT molecular complexity index is 748. The van der Waals surface area contributed by atoms with E-state index in [1.807, 2.05) is 40.9 Å². The molecule has 0 aliphatic carbocycles. The monoisotopic (exact) mass is 234 g/mol. The van der Waals surface area contributed by atoms with Crippen LogP contribution >= 0.6 is 0 Å². The molecule has 0 radical (unpaired) electrons. The van der Waals surface area contributed by atoms with Crippen molar-refractivity contribution in [3.63, 3.8) is 0 Å². The Morgan fingerprint density at radius 2 is 1.89 bits per heavy atom. The Labute approximate surface area is 104 Å². The number of imidazole rings is 1. The molecule has 2 N–H and O–H groups in total. The summed E-state index contributed by atoms with van der Waals surface area (Å²) in [4.78, 5) is 4.49. The van der Waals surface area contributed by atoms with Gasteiger partial charge in [-0.2, -0.15) is 5.26 Å². The quantitative estimate of drug-likeness (QED) is 0.703. The first kappa shape index (κ1) is 10.4. The van der Waals surface area contributed by atoms with E-state index in [9.17, 15) is 0 Å². The van der Waals surface area contributed by atoms with Gasteiger partial charge in [0.1, 0.15) is 17.2 Å². The minimum atomic E-state index is 0.607. The fourth-order valence-corrected chi connectivity index (χ4v) is 1.93. The highest BCUT2D eigenvalue weighted by Crippen LogP contribution is 2.26. The maximum Gasteiger partial charge on any atom is 0.139 e. The molecule has 0 amide bonds. The van der Waals surface area contributed by atoms with Crippen LogP contribution in [0.1, 0.15) is 5.56 Å². The molecule has 3 rings (SSSR count). The Kier molecular flexibility index (Phi) is 2.24. The molecule has 0 bridgehead atoms. The minimum absolute atomic E-state index is 0.607. The molecule has 3 aromatic rings. The first-order valence-corrected chi connectivity index (χ1v) is 5.52. The van der Waals surface area contributed by atoms with E-state index < -0.39 is 0 Å². The van der Waals surface area contributed by atoms with Crippen LogP contribution in [0, 0.1) is 11.3 Å². The molecule has 18 heavy (non-hydrogen) atoms. The van der Waals surface area contributed by atoms with Gasteiger partial charge in [-0.25, -0.2) is 4.98 Å². The molecule has 0 aliphatic rings. The normalized spacial score (nSPS) is 10.4. The molecular formula is C14H10N4. The van der Waals surface area contributed by atoms with Gasteiger partial charge in [-0.1, -0.05) is 18.2 Å². The Morgan fingerprint density at radius 3 is 2.56 bits per heavy atom. The van der Waals surface area contributed by atoms with Crippen molar-refractivity contribution in [2.24, 2.45) is 0 Å². The van der Waals surface area contributed by atoms with Crippen molar-refractivity contribution in [2.75, 3.05) is 5.73 Å². The lowest BCUT2D eigenvalue weighted by molar-refractivity contribution is 1.20. The third kappa shape index (κ3) is 1.50. The zero-order valence-electron chi connectivity index (χ0n) is 9.54. The summed E-state index contributed by atoms with van der Waals surface area (Å²) in [5.74, 6) is 0.607. The Balaban J connectivity index is 2.19. The van der Waals surface area contributed by atoms with Crippen molar-refractivity contribution < 1.29 is 0 Å². The lowest BCUT2D eigenvalue weighted by atomic mass is 10.1. The molecule has 0 fully saturated rings. The van der Waals surface area contributed by atoms with Crippen molar-refractivity contribution in [3.8, 4) is 17.3 Å². The van der Waals surface area contributed by atoms with Crippen LogP contribution in [0.5, 0.6) is 0 Å². The zero-order chi connectivity index (χ0) is 12.5. The average Bonchev–Trinajstić information content (AvgIpc) is 2.77. The van der Waals surface area contributed by atoms with Crippen LogP contribution in [0.3, 0.4) is 0 Å². The van der Waals surface area contributed by atoms with Crippen molar-refractivity contribution in [1.82, 2.24) is 9.38 Å². The van der Waals surface area contributed by atoms with Crippen molar-refractivity contribution in [2.45, 2.75) is 0 Å². The highest BCUT2D eigenvalue weighted by molar-refractivity contribution is 5.75. The number of aromatic nitrogens is 2. The minimum Gasteiger partial charge on any atom is -0.383 e. The number of rotatable bonds is 1. The number of pyridine rings is 1. The average molecular weight is 234 g/mol. The second-order valence-electron chi connectivity index (χ2n) is 3.96. The van der Waals surface area contributed by atoms with Crippen LogP contribution in [-0.2, 0) is 0 Å². The van der Waals surface area contributed by atoms with E-state index >= 15 is 0 Å². The van der Waals surface area contributed by atoms with Gasteiger partial charge in [0.15, 0.2) is 0 Å². The number of hydrogen-bond acceptors (Lipinski definition) is 3. The Morgan fingerprint density at radius 1 is 1.11 bits per heavy atom. The summed E-state index contributed by atoms with van der Waals surface area (Å²) in [6.07, 6.45) is 1.88. The number of hydrogen-bond donors (Lipinski definition) is 1. The molecule has 2 aromatic heterocycles. The fourth-order valence-electron chi connectivity index (χ4n) is 1.93. The van der Waals surface area contributed by atoms with Gasteiger partial charge in [-0.05, 0) is 24.3 Å². The predicted molar refractivity (Wildman–Crippen MR) is 69.8 cm³/mol. The molecular weight excluding hydrogens is 224 g/mol. The summed E-state index contributed by atoms with van der Waals surface area (Å²) in [5.41, 5.74) is 9.17. The van der Waals surface area contributed by atoms with Crippen LogP contribution in [0.2, 0.25) is 0 Å². The Hall–Kier alpha value is -2.80. The van der Waals surface area contributed by atoms with Crippen LogP contribution in [0.15, 0.2) is 48.7 Å². The smallest absolute Gasteiger partial charge is 0.139 e. The first-order chi connectivity index (χ1) is 8.79. The predicted octanol–water partition coefficient (Wildman–Crippen LogP) is 2.46. The number of nitrogens with zero attached hydrogens (tertiary/aromatic N) is 3. The molecule has 2 heterocycles. The third-order valence-electron chi connectivity index (χ3n) is 2.85. The van der Waals surface area contributed by atoms with Gasteiger partial charge < -0.3 is 5.73 Å². The largest absolute Gasteiger partial charge is 0.383 e. The molecule has 4 heteroatoms. The summed E-state index contributed by atoms with van der Waals surface area (Å²) < 4.78 is 1.84. The van der Waals surface area contributed by atoms with Crippen LogP contribution < -0.4 is 5.73 Å². The van der Waals surface area contributed by atoms with E-state index in [-0.39, 0.29) is 0 Å². The summed E-state index contributed by atoms with van der Waals surface area (Å²) in [5, 5.41) is 8.77. The van der Waals surface area contributed by atoms with Gasteiger partial charge in [0.25, 0.3) is 0 Å². The van der Waals surface area contributed by atoms with E-state index in [0.29, 0.717) is 11.4 Å². The van der Waals surface area contributed by atoms with Gasteiger partial charge in [0, 0.05) is 11.8 Å². The van der Waals surface area contributed by atoms with Crippen molar-refractivity contribution >= 4 is 11.5 Å². The number of fused-ring (bicyclic) bond motifs is 1. The third-order valence-corrected chi connectivity index (χ3v) is 2.85. The molecule has 0 spiro atoms. The van der Waals surface area contributed by atoms with Crippen molar-refractivity contribution in [3.05, 3.63) is 54.2 Å². The number of anilines is 1. The van der Waals surface area contributed by atoms with E-state index in [0.717, 1.165) is 16.9 Å². The van der Waals surface area contributed by atoms with E-state index in [1.165, 1.54) is 0 Å². The highest BCUT2D eigenvalue weighted by Gasteiger charge is 2.10. The summed E-state index contributed by atoms with van der Waals surface area (Å²) in [6, 6.07) is 15.1. The second kappa shape index (κ2) is 3.90.